The molecule has 2 aromatic carbocycles. The van der Waals surface area contributed by atoms with Crippen LogP contribution in [0, 0.1) is 5.82 Å². The summed E-state index contributed by atoms with van der Waals surface area (Å²) in [6, 6.07) is 10.8. The van der Waals surface area contributed by atoms with Gasteiger partial charge >= 0.3 is 0 Å². The van der Waals surface area contributed by atoms with Crippen molar-refractivity contribution < 1.29 is 27.1 Å². The summed E-state index contributed by atoms with van der Waals surface area (Å²) in [7, 11) is -2.32. The monoisotopic (exact) mass is 479 g/mol. The number of nitrogens with one attached hydrogen (secondary N) is 1. The Morgan fingerprint density at radius 3 is 2.09 bits per heavy atom. The standard InChI is InChI=1S/C23H30FN3O5S/c1-16(2)25-23(29)17(3)26(14-18-6-8-19(24)9-7-18)22(28)15-27(33(5,30)31)20-10-12-21(32-4)13-11-20/h6-13,16-17H,14-15H2,1-5H3,(H,25,29). The van der Waals surface area contributed by atoms with Crippen molar-refractivity contribution in [1.82, 2.24) is 10.2 Å². The average Bonchev–Trinajstić information content (AvgIpc) is 2.75. The topological polar surface area (TPSA) is 96.0 Å². The fraction of sp³-hybridized carbons (Fsp3) is 0.391. The Balaban J connectivity index is 2.36. The highest BCUT2D eigenvalue weighted by Gasteiger charge is 2.30. The van der Waals surface area contributed by atoms with Gasteiger partial charge in [0.05, 0.1) is 19.1 Å². The minimum absolute atomic E-state index is 0.00596. The Kier molecular flexibility index (Phi) is 8.81. The normalized spacial score (nSPS) is 12.2. The predicted octanol–water partition coefficient (Wildman–Crippen LogP) is 2.54. The molecule has 0 fully saturated rings. The van der Waals surface area contributed by atoms with E-state index in [2.05, 4.69) is 5.32 Å². The summed E-state index contributed by atoms with van der Waals surface area (Å²) in [6.45, 7) is 4.66. The summed E-state index contributed by atoms with van der Waals surface area (Å²) >= 11 is 0. The Hall–Kier alpha value is -3.14. The third-order valence-electron chi connectivity index (χ3n) is 4.90. The van der Waals surface area contributed by atoms with E-state index in [0.717, 1.165) is 10.6 Å². The lowest BCUT2D eigenvalue weighted by molar-refractivity contribution is -0.139. The molecule has 0 heterocycles. The lowest BCUT2D eigenvalue weighted by Gasteiger charge is -2.32. The maximum Gasteiger partial charge on any atom is 0.244 e. The van der Waals surface area contributed by atoms with Crippen LogP contribution in [0.4, 0.5) is 10.1 Å². The number of hydrogen-bond donors (Lipinski definition) is 1. The minimum atomic E-state index is -3.81. The first kappa shape index (κ1) is 26.1. The van der Waals surface area contributed by atoms with E-state index in [9.17, 15) is 22.4 Å². The van der Waals surface area contributed by atoms with Gasteiger partial charge in [-0.2, -0.15) is 0 Å². The summed E-state index contributed by atoms with van der Waals surface area (Å²) < 4.78 is 44.4. The number of carbonyl (C=O) groups excluding carboxylic acids is 2. The molecule has 1 unspecified atom stereocenters. The van der Waals surface area contributed by atoms with Crippen LogP contribution in [0.3, 0.4) is 0 Å². The van der Waals surface area contributed by atoms with E-state index in [1.807, 2.05) is 0 Å². The van der Waals surface area contributed by atoms with E-state index in [1.165, 1.54) is 48.4 Å². The van der Waals surface area contributed by atoms with Gasteiger partial charge < -0.3 is 15.0 Å². The Morgan fingerprint density at radius 1 is 1.03 bits per heavy atom. The van der Waals surface area contributed by atoms with Gasteiger partial charge in [-0.3, -0.25) is 13.9 Å². The van der Waals surface area contributed by atoms with Crippen molar-refractivity contribution in [3.63, 3.8) is 0 Å². The van der Waals surface area contributed by atoms with Gasteiger partial charge in [0.25, 0.3) is 0 Å². The van der Waals surface area contributed by atoms with Crippen LogP contribution in [0.1, 0.15) is 26.3 Å². The second kappa shape index (κ2) is 11.1. The number of rotatable bonds is 10. The molecule has 0 aliphatic rings. The van der Waals surface area contributed by atoms with Gasteiger partial charge in [-0.25, -0.2) is 12.8 Å². The van der Waals surface area contributed by atoms with Gasteiger partial charge in [-0.1, -0.05) is 12.1 Å². The Labute approximate surface area is 194 Å². The van der Waals surface area contributed by atoms with Crippen molar-refractivity contribution in [3.05, 3.63) is 59.9 Å². The number of sulfonamides is 1. The van der Waals surface area contributed by atoms with Crippen molar-refractivity contribution >= 4 is 27.5 Å². The van der Waals surface area contributed by atoms with Gasteiger partial charge in [0.2, 0.25) is 21.8 Å². The molecule has 0 radical (unpaired) electrons. The summed E-state index contributed by atoms with van der Waals surface area (Å²) in [5.74, 6) is -0.844. The van der Waals surface area contributed by atoms with E-state index >= 15 is 0 Å². The van der Waals surface area contributed by atoms with Gasteiger partial charge in [0.15, 0.2) is 0 Å². The molecule has 0 aliphatic heterocycles. The molecule has 0 aliphatic carbocycles. The Bertz CT molecular complexity index is 1060. The molecule has 0 spiro atoms. The number of halogens is 1. The first-order valence-electron chi connectivity index (χ1n) is 10.4. The third-order valence-corrected chi connectivity index (χ3v) is 6.04. The molecule has 1 atom stereocenters. The van der Waals surface area contributed by atoms with Crippen LogP contribution < -0.4 is 14.4 Å². The summed E-state index contributed by atoms with van der Waals surface area (Å²) in [5.41, 5.74) is 0.886. The molecule has 0 saturated carbocycles. The molecule has 8 nitrogen and oxygen atoms in total. The van der Waals surface area contributed by atoms with Crippen molar-refractivity contribution in [2.24, 2.45) is 0 Å². The van der Waals surface area contributed by atoms with E-state index in [0.29, 0.717) is 11.3 Å². The molecule has 2 amide bonds. The van der Waals surface area contributed by atoms with Crippen LogP contribution in [0.15, 0.2) is 48.5 Å². The SMILES string of the molecule is COc1ccc(N(CC(=O)N(Cc2ccc(F)cc2)C(C)C(=O)NC(C)C)S(C)(=O)=O)cc1. The zero-order valence-electron chi connectivity index (χ0n) is 19.4. The highest BCUT2D eigenvalue weighted by molar-refractivity contribution is 7.92. The molecule has 0 bridgehead atoms. The second-order valence-electron chi connectivity index (χ2n) is 7.96. The smallest absolute Gasteiger partial charge is 0.244 e. The van der Waals surface area contributed by atoms with Crippen molar-refractivity contribution in [2.75, 3.05) is 24.2 Å². The van der Waals surface area contributed by atoms with E-state index in [1.54, 1.807) is 32.9 Å². The molecule has 2 aromatic rings. The van der Waals surface area contributed by atoms with Crippen molar-refractivity contribution in [1.29, 1.82) is 0 Å². The molecule has 0 aromatic heterocycles. The number of carbonyl (C=O) groups is 2. The number of ether oxygens (including phenoxy) is 1. The zero-order chi connectivity index (χ0) is 24.8. The lowest BCUT2D eigenvalue weighted by atomic mass is 10.1. The minimum Gasteiger partial charge on any atom is -0.497 e. The number of methoxy groups -OCH3 is 1. The summed E-state index contributed by atoms with van der Waals surface area (Å²) in [5, 5.41) is 2.76. The molecule has 0 saturated heterocycles. The second-order valence-corrected chi connectivity index (χ2v) is 9.86. The maximum absolute atomic E-state index is 13.3. The largest absolute Gasteiger partial charge is 0.497 e. The predicted molar refractivity (Wildman–Crippen MR) is 125 cm³/mol. The summed E-state index contributed by atoms with van der Waals surface area (Å²) in [6.07, 6.45) is 1.00. The number of anilines is 1. The average molecular weight is 480 g/mol. The van der Waals surface area contributed by atoms with E-state index in [-0.39, 0.29) is 24.2 Å². The highest BCUT2D eigenvalue weighted by atomic mass is 32.2. The van der Waals surface area contributed by atoms with E-state index in [4.69, 9.17) is 4.74 Å². The Morgan fingerprint density at radius 2 is 1.61 bits per heavy atom. The van der Waals surface area contributed by atoms with Crippen molar-refractivity contribution in [3.8, 4) is 5.75 Å². The van der Waals surface area contributed by atoms with Gasteiger partial charge in [-0.15, -0.1) is 0 Å². The van der Waals surface area contributed by atoms with Gasteiger partial charge in [0, 0.05) is 12.6 Å². The molecular formula is C23H30FN3O5S. The summed E-state index contributed by atoms with van der Waals surface area (Å²) in [4.78, 5) is 27.3. The van der Waals surface area contributed by atoms with E-state index < -0.39 is 34.3 Å². The van der Waals surface area contributed by atoms with Gasteiger partial charge in [-0.05, 0) is 62.7 Å². The zero-order valence-corrected chi connectivity index (χ0v) is 20.2. The molecule has 2 rings (SSSR count). The maximum atomic E-state index is 13.3. The van der Waals surface area contributed by atoms with Crippen LogP contribution in [-0.2, 0) is 26.2 Å². The number of nitrogens with zero attached hydrogens (tertiary/aromatic N) is 2. The first-order chi connectivity index (χ1) is 15.4. The quantitative estimate of drug-likeness (QED) is 0.565. The molecule has 180 valence electrons. The molecule has 10 heteroatoms. The molecular weight excluding hydrogens is 449 g/mol. The third kappa shape index (κ3) is 7.45. The van der Waals surface area contributed by atoms with Crippen molar-refractivity contribution in [2.45, 2.75) is 39.4 Å². The van der Waals surface area contributed by atoms with Crippen LogP contribution in [0.5, 0.6) is 5.75 Å². The number of hydrogen-bond acceptors (Lipinski definition) is 5. The van der Waals surface area contributed by atoms with Crippen LogP contribution in [-0.4, -0.2) is 57.1 Å². The lowest BCUT2D eigenvalue weighted by Crippen LogP contribution is -2.52. The van der Waals surface area contributed by atoms with Crippen LogP contribution in [0.2, 0.25) is 0 Å². The first-order valence-corrected chi connectivity index (χ1v) is 12.2. The number of benzene rings is 2. The fourth-order valence-electron chi connectivity index (χ4n) is 3.14. The van der Waals surface area contributed by atoms with Crippen LogP contribution >= 0.6 is 0 Å². The molecule has 1 N–H and O–H groups in total. The fourth-order valence-corrected chi connectivity index (χ4v) is 3.99. The van der Waals surface area contributed by atoms with Crippen LogP contribution in [0.25, 0.3) is 0 Å². The number of amides is 2. The highest BCUT2D eigenvalue weighted by Crippen LogP contribution is 2.22. The molecule has 33 heavy (non-hydrogen) atoms. The van der Waals surface area contributed by atoms with Gasteiger partial charge in [0.1, 0.15) is 24.2 Å².